The molecular weight excluding hydrogens is 1610 g/mol. The number of ether oxygens (including phenoxy) is 11. The van der Waals surface area contributed by atoms with E-state index in [-0.39, 0.29) is 95.4 Å². The average molecular weight is 1770 g/mol. The van der Waals surface area contributed by atoms with E-state index in [2.05, 4.69) is 34.6 Å². The Morgan fingerprint density at radius 2 is 0.887 bits per heavy atom. The van der Waals surface area contributed by atoms with Crippen LogP contribution in [0.5, 0.6) is 0 Å². The maximum atomic E-state index is 12.8. The summed E-state index contributed by atoms with van der Waals surface area (Å²) >= 11 is 0. The van der Waals surface area contributed by atoms with Gasteiger partial charge in [0.2, 0.25) is 6.10 Å². The van der Waals surface area contributed by atoms with Crippen LogP contribution in [0, 0.1) is 109 Å². The van der Waals surface area contributed by atoms with Crippen LogP contribution in [0.2, 0.25) is 0 Å². The molecular formula is C97H156O26S. The molecule has 706 valence electrons. The highest BCUT2D eigenvalue weighted by Crippen LogP contribution is 2.64. The molecule has 14 bridgehead atoms. The van der Waals surface area contributed by atoms with Crippen LogP contribution in [-0.4, -0.2) is 164 Å². The highest BCUT2D eigenvalue weighted by atomic mass is 32.2. The predicted molar refractivity (Wildman–Crippen MR) is 460 cm³/mol. The SMILES string of the molecule is CCC(C)(C)C(=O)OC1(C(C)C)C2CC3CC(C2)CC1C3.CCC(C)(C)C(=O)OC1(C)CCCC1.CCC(C)(C)C(=O)OC12CC3CC(CC(O)(C3)C1)C2.CCC(C)(C)C(=O)OC1CCOC1=O.CCC(C)(C)C(=O)OCC(=O)OCC(=O)OC1(C)C2CC3CC(C2)CC1C3.CCC(C)(C)C(=O)OCCOC(=O)CCC(=O)OC1C2CC3C1OS(=O)(=O)C3C2. The quantitative estimate of drug-likeness (QED) is 0.0314. The van der Waals surface area contributed by atoms with Crippen LogP contribution in [0.15, 0.2) is 0 Å². The summed E-state index contributed by atoms with van der Waals surface area (Å²) in [7, 11) is -3.56. The molecule has 124 heavy (non-hydrogen) atoms. The Bertz CT molecular complexity index is 3820. The van der Waals surface area contributed by atoms with Crippen molar-refractivity contribution in [3.05, 3.63) is 0 Å². The zero-order valence-electron chi connectivity index (χ0n) is 79.3. The third kappa shape index (κ3) is 24.2. The van der Waals surface area contributed by atoms with Crippen molar-refractivity contribution in [1.82, 2.24) is 0 Å². The Morgan fingerprint density at radius 3 is 1.35 bits per heavy atom. The molecule has 8 atom stereocenters. The van der Waals surface area contributed by atoms with Gasteiger partial charge in [0.15, 0.2) is 13.2 Å². The summed E-state index contributed by atoms with van der Waals surface area (Å²) in [5.41, 5.74) is -4.54. The first-order chi connectivity index (χ1) is 57.6. The third-order valence-corrected chi connectivity index (χ3v) is 34.0. The Balaban J connectivity index is 0.000000172. The Morgan fingerprint density at radius 1 is 0.460 bits per heavy atom. The van der Waals surface area contributed by atoms with Gasteiger partial charge in [-0.05, 0) is 335 Å². The molecule has 15 saturated carbocycles. The molecule has 1 N–H and O–H groups in total. The van der Waals surface area contributed by atoms with Crippen LogP contribution in [-0.2, 0) is 119 Å². The molecule has 0 amide bonds. The maximum Gasteiger partial charge on any atom is 0.347 e. The Kier molecular flexibility index (Phi) is 33.0. The number of esters is 11. The van der Waals surface area contributed by atoms with E-state index in [0.717, 1.165) is 107 Å². The van der Waals surface area contributed by atoms with Crippen molar-refractivity contribution in [3.63, 3.8) is 0 Å². The molecule has 17 fully saturated rings. The van der Waals surface area contributed by atoms with E-state index in [1.165, 1.54) is 57.8 Å². The van der Waals surface area contributed by atoms with Crippen molar-refractivity contribution >= 4 is 75.8 Å². The van der Waals surface area contributed by atoms with Crippen LogP contribution in [0.25, 0.3) is 0 Å². The van der Waals surface area contributed by atoms with Gasteiger partial charge in [-0.25, -0.2) is 14.4 Å². The topological polar surface area (TPSA) is 353 Å². The minimum absolute atomic E-state index is 0.00904. The van der Waals surface area contributed by atoms with Gasteiger partial charge in [0.05, 0.1) is 62.8 Å². The van der Waals surface area contributed by atoms with Crippen molar-refractivity contribution < 1.29 is 123 Å². The lowest BCUT2D eigenvalue weighted by Gasteiger charge is -2.62. The van der Waals surface area contributed by atoms with Crippen molar-refractivity contribution in [3.8, 4) is 0 Å². The van der Waals surface area contributed by atoms with Gasteiger partial charge in [-0.1, -0.05) is 55.4 Å². The molecule has 17 aliphatic rings. The van der Waals surface area contributed by atoms with Crippen LogP contribution >= 0.6 is 0 Å². The number of rotatable bonds is 29. The molecule has 26 nitrogen and oxygen atoms in total. The molecule has 0 spiro atoms. The second-order valence-corrected chi connectivity index (χ2v) is 46.1. The molecule has 27 heteroatoms. The third-order valence-electron chi connectivity index (χ3n) is 32.2. The number of fused-ring (bicyclic) bond motifs is 1. The lowest BCUT2D eigenvalue weighted by Crippen LogP contribution is -2.63. The van der Waals surface area contributed by atoms with Crippen LogP contribution < -0.4 is 0 Å². The van der Waals surface area contributed by atoms with Gasteiger partial charge in [0.1, 0.15) is 47.8 Å². The van der Waals surface area contributed by atoms with E-state index in [1.54, 1.807) is 41.5 Å². The first-order valence-corrected chi connectivity index (χ1v) is 48.9. The minimum atomic E-state index is -3.56. The van der Waals surface area contributed by atoms with E-state index in [4.69, 9.17) is 56.3 Å². The second kappa shape index (κ2) is 40.2. The van der Waals surface area contributed by atoms with Gasteiger partial charge in [0, 0.05) is 24.7 Å². The summed E-state index contributed by atoms with van der Waals surface area (Å²) in [5, 5.41) is 10.2. The van der Waals surface area contributed by atoms with Gasteiger partial charge in [0.25, 0.3) is 10.1 Å². The number of cyclic esters (lactones) is 1. The zero-order chi connectivity index (χ0) is 92.1. The first kappa shape index (κ1) is 102. The number of carbonyl (C=O) groups is 11. The highest BCUT2D eigenvalue weighted by Gasteiger charge is 2.67. The van der Waals surface area contributed by atoms with Crippen LogP contribution in [0.3, 0.4) is 0 Å². The molecule has 17 rings (SSSR count). The van der Waals surface area contributed by atoms with Gasteiger partial charge in [-0.15, -0.1) is 0 Å². The van der Waals surface area contributed by atoms with Crippen molar-refractivity contribution in [2.45, 2.75) is 403 Å². The van der Waals surface area contributed by atoms with Crippen molar-refractivity contribution in [2.75, 3.05) is 33.0 Å². The number of carbonyl (C=O) groups excluding carboxylic acids is 11. The first-order valence-electron chi connectivity index (χ1n) is 47.4. The molecule has 15 aliphatic carbocycles. The van der Waals surface area contributed by atoms with Gasteiger partial charge >= 0.3 is 65.7 Å². The smallest absolute Gasteiger partial charge is 0.347 e. The van der Waals surface area contributed by atoms with E-state index in [9.17, 15) is 66.3 Å². The lowest BCUT2D eigenvalue weighted by atomic mass is 9.47. The van der Waals surface area contributed by atoms with Crippen molar-refractivity contribution in [1.29, 1.82) is 0 Å². The zero-order valence-corrected chi connectivity index (χ0v) is 80.1. The molecule has 0 aromatic rings. The van der Waals surface area contributed by atoms with Crippen molar-refractivity contribution in [2.24, 2.45) is 109 Å². The summed E-state index contributed by atoms with van der Waals surface area (Å²) in [5.74, 6) is 2.84. The molecule has 2 heterocycles. The summed E-state index contributed by atoms with van der Waals surface area (Å²) in [6.07, 6.45) is 26.4. The maximum absolute atomic E-state index is 12.8. The van der Waals surface area contributed by atoms with Gasteiger partial charge in [-0.3, -0.25) is 42.5 Å². The number of aliphatic hydroxyl groups is 1. The summed E-state index contributed by atoms with van der Waals surface area (Å²) < 4.78 is 87.9. The monoisotopic (exact) mass is 1770 g/mol. The molecule has 8 unspecified atom stereocenters. The van der Waals surface area contributed by atoms with Crippen LogP contribution in [0.1, 0.15) is 351 Å². The van der Waals surface area contributed by atoms with Gasteiger partial charge < -0.3 is 57.2 Å². The Labute approximate surface area is 739 Å². The molecule has 0 aromatic heterocycles. The predicted octanol–water partition coefficient (Wildman–Crippen LogP) is 17.1. The normalized spacial score (nSPS) is 33.5. The highest BCUT2D eigenvalue weighted by molar-refractivity contribution is 7.87. The summed E-state index contributed by atoms with van der Waals surface area (Å²) in [6, 6.07) is 0. The lowest BCUT2D eigenvalue weighted by molar-refractivity contribution is -0.231. The fraction of sp³-hybridized carbons (Fsp3) is 0.887. The molecule has 0 radical (unpaired) electrons. The van der Waals surface area contributed by atoms with E-state index in [0.29, 0.717) is 93.0 Å². The second-order valence-electron chi connectivity index (χ2n) is 44.3. The van der Waals surface area contributed by atoms with Gasteiger partial charge in [-0.2, -0.15) is 8.42 Å². The fourth-order valence-electron chi connectivity index (χ4n) is 22.4. The van der Waals surface area contributed by atoms with E-state index >= 15 is 0 Å². The standard InChI is InChI=1S/C21H32O6.C19H28O9S.C19H32O2.C16H26O3.C12H22O2.C10H16O4/c1-5-20(2,3)19(24)26-11-17(22)25-12-18(23)27-21(4)15-7-13-6-14(9-15)10-16(21)8-13;1-4-19(2,3)18(22)26-8-7-25-14(20)5-6-15(21)27-16-11-9-12-13(10-11)29(23,24)28-17(12)16;1-6-18(4,5)17(20)21-19(12(2)3)15-8-13-7-14(10-15)11-16(19)9-13;1-4-14(2,3)13(17)19-16-8-11-5-12(9-16)7-15(18,6-11)10-16;1-5-11(2,3)10(13)14-12(4)8-6-7-9-12;1-4-10(2,3)9(12)14-7-5-6-13-8(7)11/h13-16H,5-12H2,1-4H3;11-13,16-17H,4-10H2,1-3H3;12-16H,6-11H2,1-5H3;11-12,18H,4-10H2,1-3H3;5-9H2,1-4H3;7H,4-6H2,1-3H3. The minimum Gasteiger partial charge on any atom is -0.463 e. The number of hydrogen-bond donors (Lipinski definition) is 1. The largest absolute Gasteiger partial charge is 0.463 e. The average Bonchev–Trinajstić information content (AvgIpc) is 1.37. The summed E-state index contributed by atoms with van der Waals surface area (Å²) in [4.78, 5) is 131. The Hall–Kier alpha value is -5.96. The van der Waals surface area contributed by atoms with E-state index in [1.807, 2.05) is 76.2 Å². The molecule has 0 aromatic carbocycles. The number of hydrogen-bond acceptors (Lipinski definition) is 26. The van der Waals surface area contributed by atoms with E-state index < -0.39 is 116 Å². The fourth-order valence-corrected chi connectivity index (χ4v) is 24.3. The van der Waals surface area contributed by atoms with Crippen LogP contribution in [0.4, 0.5) is 0 Å². The molecule has 2 saturated heterocycles. The molecule has 2 aliphatic heterocycles. The summed E-state index contributed by atoms with van der Waals surface area (Å²) in [6.45, 7) is 42.3.